The van der Waals surface area contributed by atoms with E-state index in [2.05, 4.69) is 0 Å². The van der Waals surface area contributed by atoms with E-state index in [1.165, 1.54) is 0 Å². The fourth-order valence-corrected chi connectivity index (χ4v) is 2.28. The van der Waals surface area contributed by atoms with Gasteiger partial charge in [0, 0.05) is 16.5 Å². The van der Waals surface area contributed by atoms with Crippen LogP contribution < -0.4 is 10.9 Å². The van der Waals surface area contributed by atoms with Crippen molar-refractivity contribution in [1.82, 2.24) is 0 Å². The molecule has 0 unspecified atom stereocenters. The van der Waals surface area contributed by atoms with Gasteiger partial charge in [-0.05, 0) is 6.92 Å². The van der Waals surface area contributed by atoms with Crippen molar-refractivity contribution in [3.8, 4) is 0 Å². The summed E-state index contributed by atoms with van der Waals surface area (Å²) in [5.41, 5.74) is -4.12. The van der Waals surface area contributed by atoms with Crippen LogP contribution >= 0.6 is 0 Å². The fraction of sp³-hybridized carbons (Fsp3) is 0.143. The van der Waals surface area contributed by atoms with Crippen molar-refractivity contribution in [3.05, 3.63) is 57.9 Å². The SMILES string of the molecule is CB(c1c(F)c(F)c(C)c(F)c1F)c1c(F)c(F)c(F)c(F)c1F. The van der Waals surface area contributed by atoms with Crippen molar-refractivity contribution in [2.45, 2.75) is 13.7 Å². The standard InChI is InChI=1S/C14H6BF9/c1-3-6(16)8(18)4(9(19)7(3)17)15(2)5-10(20)12(22)14(24)13(23)11(5)21/h1-2H3. The van der Waals surface area contributed by atoms with Crippen LogP contribution in [0.3, 0.4) is 0 Å². The fourth-order valence-electron chi connectivity index (χ4n) is 2.28. The minimum absolute atomic E-state index is 0.647. The smallest absolute Gasteiger partial charge is 0.204 e. The molecule has 10 heteroatoms. The Hall–Kier alpha value is -2.13. The third kappa shape index (κ3) is 2.44. The highest BCUT2D eigenvalue weighted by Crippen LogP contribution is 2.20. The van der Waals surface area contributed by atoms with Crippen LogP contribution in [-0.2, 0) is 0 Å². The Morgan fingerprint density at radius 1 is 0.458 bits per heavy atom. The van der Waals surface area contributed by atoms with Gasteiger partial charge in [0.15, 0.2) is 52.4 Å². The van der Waals surface area contributed by atoms with E-state index in [-0.39, 0.29) is 0 Å². The zero-order valence-corrected chi connectivity index (χ0v) is 12.0. The molecule has 0 spiro atoms. The van der Waals surface area contributed by atoms with Crippen LogP contribution in [0, 0.1) is 59.3 Å². The zero-order chi connectivity index (χ0) is 18.5. The first-order valence-electron chi connectivity index (χ1n) is 6.36. The van der Waals surface area contributed by atoms with Gasteiger partial charge >= 0.3 is 0 Å². The van der Waals surface area contributed by atoms with Gasteiger partial charge in [-0.2, -0.15) is 0 Å². The van der Waals surface area contributed by atoms with Gasteiger partial charge in [0.1, 0.15) is 0 Å². The maximum Gasteiger partial charge on any atom is 0.222 e. The highest BCUT2D eigenvalue weighted by atomic mass is 19.2. The number of rotatable bonds is 2. The zero-order valence-electron chi connectivity index (χ0n) is 12.0. The van der Waals surface area contributed by atoms with Gasteiger partial charge in [0.05, 0.1) is 0 Å². The first kappa shape index (κ1) is 18.2. The minimum atomic E-state index is -2.47. The van der Waals surface area contributed by atoms with Crippen molar-refractivity contribution >= 4 is 17.6 Å². The molecule has 2 aromatic carbocycles. The van der Waals surface area contributed by atoms with E-state index in [1.807, 2.05) is 0 Å². The van der Waals surface area contributed by atoms with Gasteiger partial charge in [-0.1, -0.05) is 6.82 Å². The molecule has 0 aliphatic heterocycles. The summed E-state index contributed by atoms with van der Waals surface area (Å²) in [6.45, 7) is -0.836. The summed E-state index contributed by atoms with van der Waals surface area (Å²) in [7, 11) is 0. The van der Waals surface area contributed by atoms with Crippen molar-refractivity contribution < 1.29 is 39.5 Å². The molecule has 0 nitrogen and oxygen atoms in total. The second-order valence-electron chi connectivity index (χ2n) is 5.00. The monoisotopic (exact) mass is 356 g/mol. The number of benzene rings is 2. The Balaban J connectivity index is 2.84. The highest BCUT2D eigenvalue weighted by molar-refractivity contribution is 6.84. The van der Waals surface area contributed by atoms with E-state index < -0.39 is 75.6 Å². The van der Waals surface area contributed by atoms with Crippen LogP contribution in [0.25, 0.3) is 0 Å². The first-order valence-corrected chi connectivity index (χ1v) is 6.36. The first-order chi connectivity index (χ1) is 11.0. The van der Waals surface area contributed by atoms with E-state index in [9.17, 15) is 39.5 Å². The molecular formula is C14H6BF9. The molecule has 0 N–H and O–H groups in total. The van der Waals surface area contributed by atoms with E-state index in [1.54, 1.807) is 0 Å². The maximum atomic E-state index is 13.9. The average Bonchev–Trinajstić information content (AvgIpc) is 2.55. The van der Waals surface area contributed by atoms with Crippen molar-refractivity contribution in [2.24, 2.45) is 0 Å². The van der Waals surface area contributed by atoms with Crippen LogP contribution in [0.15, 0.2) is 0 Å². The van der Waals surface area contributed by atoms with Gasteiger partial charge in [0.25, 0.3) is 0 Å². The molecule has 0 amide bonds. The molecule has 0 atom stereocenters. The van der Waals surface area contributed by atoms with Gasteiger partial charge in [-0.15, -0.1) is 0 Å². The summed E-state index contributed by atoms with van der Waals surface area (Å²) in [6.07, 6.45) is 0. The van der Waals surface area contributed by atoms with Crippen LogP contribution in [0.2, 0.25) is 6.82 Å². The van der Waals surface area contributed by atoms with Crippen molar-refractivity contribution in [1.29, 1.82) is 0 Å². The predicted octanol–water partition coefficient (Wildman–Crippen LogP) is 3.49. The molecular weight excluding hydrogens is 350 g/mol. The lowest BCUT2D eigenvalue weighted by Gasteiger charge is -2.16. The minimum Gasteiger partial charge on any atom is -0.204 e. The molecule has 0 aromatic heterocycles. The normalized spacial score (nSPS) is 11.1. The Morgan fingerprint density at radius 2 is 0.708 bits per heavy atom. The largest absolute Gasteiger partial charge is 0.222 e. The molecule has 2 rings (SSSR count). The van der Waals surface area contributed by atoms with E-state index in [4.69, 9.17) is 0 Å². The number of halogens is 9. The summed E-state index contributed by atoms with van der Waals surface area (Å²) >= 11 is 0. The summed E-state index contributed by atoms with van der Waals surface area (Å²) in [5, 5.41) is 0. The molecule has 0 radical (unpaired) electrons. The molecule has 0 aliphatic carbocycles. The number of hydrogen-bond acceptors (Lipinski definition) is 0. The Bertz CT molecular complexity index is 720. The van der Waals surface area contributed by atoms with Gasteiger partial charge in [-0.25, -0.2) is 39.5 Å². The topological polar surface area (TPSA) is 0 Å². The molecule has 128 valence electrons. The summed E-state index contributed by atoms with van der Waals surface area (Å²) < 4.78 is 122. The molecule has 0 saturated carbocycles. The van der Waals surface area contributed by atoms with Crippen molar-refractivity contribution in [2.75, 3.05) is 0 Å². The van der Waals surface area contributed by atoms with Gasteiger partial charge < -0.3 is 0 Å². The molecule has 0 heterocycles. The molecule has 0 bridgehead atoms. The third-order valence-electron chi connectivity index (χ3n) is 3.63. The molecule has 2 aromatic rings. The lowest BCUT2D eigenvalue weighted by molar-refractivity contribution is 0.384. The summed E-state index contributed by atoms with van der Waals surface area (Å²) in [4.78, 5) is 0. The van der Waals surface area contributed by atoms with E-state index in [0.29, 0.717) is 13.7 Å². The van der Waals surface area contributed by atoms with Crippen LogP contribution in [0.4, 0.5) is 39.5 Å². The Labute approximate surface area is 130 Å². The number of hydrogen-bond donors (Lipinski definition) is 0. The lowest BCUT2D eigenvalue weighted by Crippen LogP contribution is -2.48. The van der Waals surface area contributed by atoms with Crippen LogP contribution in [0.5, 0.6) is 0 Å². The Kier molecular flexibility index (Phi) is 4.60. The highest BCUT2D eigenvalue weighted by Gasteiger charge is 2.36. The summed E-state index contributed by atoms with van der Waals surface area (Å²) in [5.74, 6) is -19.5. The second-order valence-corrected chi connectivity index (χ2v) is 5.00. The van der Waals surface area contributed by atoms with Crippen LogP contribution in [0.1, 0.15) is 5.56 Å². The van der Waals surface area contributed by atoms with E-state index in [0.717, 1.165) is 0 Å². The van der Waals surface area contributed by atoms with E-state index >= 15 is 0 Å². The second kappa shape index (κ2) is 6.06. The Morgan fingerprint density at radius 3 is 1.04 bits per heavy atom. The maximum absolute atomic E-state index is 13.9. The lowest BCUT2D eigenvalue weighted by atomic mass is 9.42. The van der Waals surface area contributed by atoms with Crippen molar-refractivity contribution in [3.63, 3.8) is 0 Å². The molecule has 0 saturated heterocycles. The predicted molar refractivity (Wildman–Crippen MR) is 68.1 cm³/mol. The quantitative estimate of drug-likeness (QED) is 0.335. The molecule has 0 fully saturated rings. The molecule has 0 aliphatic rings. The average molecular weight is 356 g/mol. The van der Waals surface area contributed by atoms with Gasteiger partial charge in [-0.3, -0.25) is 0 Å². The molecule has 24 heavy (non-hydrogen) atoms. The third-order valence-corrected chi connectivity index (χ3v) is 3.63. The van der Waals surface area contributed by atoms with Crippen LogP contribution in [-0.4, -0.2) is 6.71 Å². The summed E-state index contributed by atoms with van der Waals surface area (Å²) in [6, 6.07) is 0. The van der Waals surface area contributed by atoms with Gasteiger partial charge in [0.2, 0.25) is 6.71 Å².